The number of halogens is 1. The van der Waals surface area contributed by atoms with Crippen LogP contribution < -0.4 is 10.1 Å². The van der Waals surface area contributed by atoms with Gasteiger partial charge in [0, 0.05) is 11.6 Å². The van der Waals surface area contributed by atoms with E-state index in [0.29, 0.717) is 17.3 Å². The minimum absolute atomic E-state index is 0.173. The first-order valence-electron chi connectivity index (χ1n) is 8.32. The maximum atomic E-state index is 11.8. The lowest BCUT2D eigenvalue weighted by molar-refractivity contribution is -0.150. The molecule has 0 heterocycles. The summed E-state index contributed by atoms with van der Waals surface area (Å²) in [5.74, 6) is -0.228. The highest BCUT2D eigenvalue weighted by Gasteiger charge is 2.11. The number of amides is 1. The number of esters is 1. The zero-order valence-corrected chi connectivity index (χ0v) is 15.6. The summed E-state index contributed by atoms with van der Waals surface area (Å²) in [4.78, 5) is 23.5. The molecule has 0 spiro atoms. The van der Waals surface area contributed by atoms with E-state index in [1.54, 1.807) is 18.2 Å². The number of hydrogen-bond donors (Lipinski definition) is 1. The molecular formula is C20H22ClNO4. The SMILES string of the molecule is Cc1cc(Cl)ccc1OCC(=O)OCC(=O)NC[C@@H](C)c1ccccc1. The predicted octanol–water partition coefficient (Wildman–Crippen LogP) is 3.49. The fourth-order valence-corrected chi connectivity index (χ4v) is 2.54. The maximum Gasteiger partial charge on any atom is 0.344 e. The number of nitrogens with one attached hydrogen (secondary N) is 1. The van der Waals surface area contributed by atoms with Gasteiger partial charge in [-0.25, -0.2) is 4.79 Å². The summed E-state index contributed by atoms with van der Waals surface area (Å²) in [5, 5.41) is 3.35. The first-order chi connectivity index (χ1) is 12.5. The summed E-state index contributed by atoms with van der Waals surface area (Å²) in [6.45, 7) is 3.72. The Bertz CT molecular complexity index is 749. The van der Waals surface area contributed by atoms with Gasteiger partial charge < -0.3 is 14.8 Å². The van der Waals surface area contributed by atoms with Gasteiger partial charge in [0.25, 0.3) is 5.91 Å². The van der Waals surface area contributed by atoms with Crippen LogP contribution >= 0.6 is 11.6 Å². The average molecular weight is 376 g/mol. The number of hydrogen-bond acceptors (Lipinski definition) is 4. The Morgan fingerprint density at radius 1 is 1.12 bits per heavy atom. The molecule has 5 nitrogen and oxygen atoms in total. The highest BCUT2D eigenvalue weighted by Crippen LogP contribution is 2.21. The smallest absolute Gasteiger partial charge is 0.344 e. The highest BCUT2D eigenvalue weighted by atomic mass is 35.5. The summed E-state index contributed by atoms with van der Waals surface area (Å²) < 4.78 is 10.3. The Morgan fingerprint density at radius 3 is 2.54 bits per heavy atom. The summed E-state index contributed by atoms with van der Waals surface area (Å²) in [6, 6.07) is 15.0. The number of benzene rings is 2. The second kappa shape index (κ2) is 9.82. The van der Waals surface area contributed by atoms with Crippen LogP contribution in [0.25, 0.3) is 0 Å². The third-order valence-electron chi connectivity index (χ3n) is 3.82. The molecule has 6 heteroatoms. The number of rotatable bonds is 8. The van der Waals surface area contributed by atoms with Gasteiger partial charge in [-0.3, -0.25) is 4.79 Å². The molecule has 0 saturated carbocycles. The zero-order chi connectivity index (χ0) is 18.9. The third-order valence-corrected chi connectivity index (χ3v) is 4.06. The Kier molecular flexibility index (Phi) is 7.48. The van der Waals surface area contributed by atoms with Crippen molar-refractivity contribution in [2.24, 2.45) is 0 Å². The lowest BCUT2D eigenvalue weighted by Crippen LogP contribution is -2.32. The number of ether oxygens (including phenoxy) is 2. The summed E-state index contributed by atoms with van der Waals surface area (Å²) in [6.07, 6.45) is 0. The van der Waals surface area contributed by atoms with Gasteiger partial charge in [0.1, 0.15) is 5.75 Å². The van der Waals surface area contributed by atoms with Gasteiger partial charge in [-0.15, -0.1) is 0 Å². The van der Waals surface area contributed by atoms with Crippen molar-refractivity contribution in [1.29, 1.82) is 0 Å². The van der Waals surface area contributed by atoms with Crippen LogP contribution in [-0.2, 0) is 14.3 Å². The first-order valence-corrected chi connectivity index (χ1v) is 8.69. The Labute approximate surface area is 158 Å². The van der Waals surface area contributed by atoms with Crippen LogP contribution in [0.15, 0.2) is 48.5 Å². The van der Waals surface area contributed by atoms with Crippen LogP contribution in [0.1, 0.15) is 24.0 Å². The molecule has 1 atom stereocenters. The molecule has 2 rings (SSSR count). The maximum absolute atomic E-state index is 11.8. The van der Waals surface area contributed by atoms with Gasteiger partial charge in [-0.2, -0.15) is 0 Å². The molecule has 0 aliphatic rings. The summed E-state index contributed by atoms with van der Waals surface area (Å²) >= 11 is 5.86. The quantitative estimate of drug-likeness (QED) is 0.717. The number of carbonyl (C=O) groups is 2. The van der Waals surface area contributed by atoms with E-state index in [2.05, 4.69) is 5.32 Å². The fourth-order valence-electron chi connectivity index (χ4n) is 2.32. The monoisotopic (exact) mass is 375 g/mol. The van der Waals surface area contributed by atoms with Crippen LogP contribution in [-0.4, -0.2) is 31.6 Å². The predicted molar refractivity (Wildman–Crippen MR) is 101 cm³/mol. The standard InChI is InChI=1S/C20H22ClNO4/c1-14-10-17(21)8-9-18(14)25-13-20(24)26-12-19(23)22-11-15(2)16-6-4-3-5-7-16/h3-10,15H,11-13H2,1-2H3,(H,22,23)/t15-/m1/s1. The van der Waals surface area contributed by atoms with Crippen LogP contribution in [0.3, 0.4) is 0 Å². The van der Waals surface area contributed by atoms with E-state index in [4.69, 9.17) is 21.1 Å². The van der Waals surface area contributed by atoms with Crippen LogP contribution in [0.2, 0.25) is 5.02 Å². The molecule has 2 aromatic rings. The lowest BCUT2D eigenvalue weighted by atomic mass is 10.0. The number of carbonyl (C=O) groups excluding carboxylic acids is 2. The van der Waals surface area contributed by atoms with E-state index < -0.39 is 5.97 Å². The number of aryl methyl sites for hydroxylation is 1. The minimum atomic E-state index is -0.606. The molecule has 0 fully saturated rings. The van der Waals surface area contributed by atoms with Crippen LogP contribution in [0.4, 0.5) is 0 Å². The van der Waals surface area contributed by atoms with Gasteiger partial charge in [-0.05, 0) is 42.2 Å². The Balaban J connectivity index is 1.67. The van der Waals surface area contributed by atoms with Crippen LogP contribution in [0, 0.1) is 6.92 Å². The molecular weight excluding hydrogens is 354 g/mol. The molecule has 2 aromatic carbocycles. The third kappa shape index (κ3) is 6.41. The second-order valence-electron chi connectivity index (χ2n) is 5.97. The van der Waals surface area contributed by atoms with Crippen molar-refractivity contribution in [3.05, 3.63) is 64.7 Å². The molecule has 138 valence electrons. The Hall–Kier alpha value is -2.53. The molecule has 0 aliphatic heterocycles. The van der Waals surface area contributed by atoms with E-state index in [-0.39, 0.29) is 25.0 Å². The molecule has 0 saturated heterocycles. The van der Waals surface area contributed by atoms with E-state index in [0.717, 1.165) is 11.1 Å². The van der Waals surface area contributed by atoms with Crippen molar-refractivity contribution in [2.75, 3.05) is 19.8 Å². The van der Waals surface area contributed by atoms with Crippen molar-refractivity contribution < 1.29 is 19.1 Å². The van der Waals surface area contributed by atoms with Gasteiger partial charge in [-0.1, -0.05) is 48.9 Å². The minimum Gasteiger partial charge on any atom is -0.482 e. The van der Waals surface area contributed by atoms with E-state index in [9.17, 15) is 9.59 Å². The second-order valence-corrected chi connectivity index (χ2v) is 6.41. The first kappa shape index (κ1) is 19.8. The van der Waals surface area contributed by atoms with E-state index in [1.807, 2.05) is 44.2 Å². The van der Waals surface area contributed by atoms with Gasteiger partial charge >= 0.3 is 5.97 Å². The van der Waals surface area contributed by atoms with Gasteiger partial charge in [0.2, 0.25) is 0 Å². The van der Waals surface area contributed by atoms with Gasteiger partial charge in [0.05, 0.1) is 0 Å². The Morgan fingerprint density at radius 2 is 1.85 bits per heavy atom. The van der Waals surface area contributed by atoms with E-state index >= 15 is 0 Å². The zero-order valence-electron chi connectivity index (χ0n) is 14.8. The van der Waals surface area contributed by atoms with Crippen LogP contribution in [0.5, 0.6) is 5.75 Å². The lowest BCUT2D eigenvalue weighted by Gasteiger charge is -2.13. The molecule has 0 aliphatic carbocycles. The van der Waals surface area contributed by atoms with Gasteiger partial charge in [0.15, 0.2) is 13.2 Å². The summed E-state index contributed by atoms with van der Waals surface area (Å²) in [7, 11) is 0. The molecule has 0 radical (unpaired) electrons. The topological polar surface area (TPSA) is 64.6 Å². The van der Waals surface area contributed by atoms with Crippen molar-refractivity contribution in [3.8, 4) is 5.75 Å². The van der Waals surface area contributed by atoms with E-state index in [1.165, 1.54) is 0 Å². The molecule has 26 heavy (non-hydrogen) atoms. The highest BCUT2D eigenvalue weighted by molar-refractivity contribution is 6.30. The molecule has 1 N–H and O–H groups in total. The van der Waals surface area contributed by atoms with Crippen molar-refractivity contribution in [2.45, 2.75) is 19.8 Å². The normalized spacial score (nSPS) is 11.5. The largest absolute Gasteiger partial charge is 0.482 e. The molecule has 0 unspecified atom stereocenters. The van der Waals surface area contributed by atoms with Crippen molar-refractivity contribution >= 4 is 23.5 Å². The molecule has 1 amide bonds. The van der Waals surface area contributed by atoms with Crippen molar-refractivity contribution in [3.63, 3.8) is 0 Å². The van der Waals surface area contributed by atoms with Crippen molar-refractivity contribution in [1.82, 2.24) is 5.32 Å². The molecule has 0 bridgehead atoms. The molecule has 0 aromatic heterocycles. The fraction of sp³-hybridized carbons (Fsp3) is 0.300. The average Bonchev–Trinajstić information content (AvgIpc) is 2.64. The summed E-state index contributed by atoms with van der Waals surface area (Å²) in [5.41, 5.74) is 1.95.